The van der Waals surface area contributed by atoms with Gasteiger partial charge in [-0.05, 0) is 29.0 Å². The van der Waals surface area contributed by atoms with E-state index in [0.717, 1.165) is 6.54 Å². The summed E-state index contributed by atoms with van der Waals surface area (Å²) in [5.41, 5.74) is 4.43. The van der Waals surface area contributed by atoms with E-state index >= 15 is 0 Å². The van der Waals surface area contributed by atoms with Gasteiger partial charge in [-0.3, -0.25) is 0 Å². The summed E-state index contributed by atoms with van der Waals surface area (Å²) in [6.45, 7) is 10.2. The highest BCUT2D eigenvalue weighted by atomic mass is 32.2. The van der Waals surface area contributed by atoms with Crippen LogP contribution >= 0.6 is 11.8 Å². The van der Waals surface area contributed by atoms with Crippen LogP contribution in [0.25, 0.3) is 0 Å². The van der Waals surface area contributed by atoms with E-state index in [1.165, 1.54) is 27.5 Å². The van der Waals surface area contributed by atoms with E-state index in [0.29, 0.717) is 11.8 Å². The smallest absolute Gasteiger partial charge is 0.0516 e. The van der Waals surface area contributed by atoms with Crippen molar-refractivity contribution < 1.29 is 0 Å². The highest BCUT2D eigenvalue weighted by molar-refractivity contribution is 7.99. The van der Waals surface area contributed by atoms with Gasteiger partial charge in [-0.25, -0.2) is 0 Å². The zero-order valence-electron chi connectivity index (χ0n) is 10.6. The summed E-state index contributed by atoms with van der Waals surface area (Å²) in [4.78, 5) is 1.43. The zero-order chi connectivity index (χ0) is 11.7. The molecule has 1 aromatic rings. The second-order valence-corrected chi connectivity index (χ2v) is 6.16. The molecule has 0 saturated heterocycles. The lowest BCUT2D eigenvalue weighted by Gasteiger charge is -2.26. The van der Waals surface area contributed by atoms with Crippen LogP contribution in [0.3, 0.4) is 0 Å². The average molecular weight is 235 g/mol. The Morgan fingerprint density at radius 3 is 2.50 bits per heavy atom. The van der Waals surface area contributed by atoms with Gasteiger partial charge in [0.05, 0.1) is 5.69 Å². The van der Waals surface area contributed by atoms with E-state index in [4.69, 9.17) is 0 Å². The maximum Gasteiger partial charge on any atom is 0.0516 e. The molecule has 1 nitrogen and oxygen atoms in total. The molecule has 16 heavy (non-hydrogen) atoms. The van der Waals surface area contributed by atoms with Gasteiger partial charge in [0.2, 0.25) is 0 Å². The van der Waals surface area contributed by atoms with Crippen molar-refractivity contribution in [2.75, 3.05) is 17.6 Å². The lowest BCUT2D eigenvalue weighted by Crippen LogP contribution is -2.14. The number of fused-ring (bicyclic) bond motifs is 1. The molecule has 0 aliphatic carbocycles. The Balaban J connectivity index is 2.57. The normalized spacial score (nSPS) is 15.1. The zero-order valence-corrected chi connectivity index (χ0v) is 11.4. The highest BCUT2D eigenvalue weighted by Crippen LogP contribution is 2.40. The number of rotatable bonds is 2. The van der Waals surface area contributed by atoms with Crippen molar-refractivity contribution in [1.82, 2.24) is 0 Å². The summed E-state index contributed by atoms with van der Waals surface area (Å²) in [6.07, 6.45) is 0. The monoisotopic (exact) mass is 235 g/mol. The predicted molar refractivity (Wildman–Crippen MR) is 73.8 cm³/mol. The van der Waals surface area contributed by atoms with E-state index < -0.39 is 0 Å². The van der Waals surface area contributed by atoms with E-state index in [9.17, 15) is 0 Å². The van der Waals surface area contributed by atoms with Crippen LogP contribution in [0, 0.1) is 0 Å². The van der Waals surface area contributed by atoms with Gasteiger partial charge in [0, 0.05) is 17.2 Å². The SMILES string of the molecule is CC(C)c1ccc2c(c1C(C)C)NCCS2. The van der Waals surface area contributed by atoms with Crippen LogP contribution in [0.4, 0.5) is 5.69 Å². The van der Waals surface area contributed by atoms with Crippen LogP contribution in [0.5, 0.6) is 0 Å². The van der Waals surface area contributed by atoms with Crippen LogP contribution in [0.1, 0.15) is 50.7 Å². The molecule has 1 aromatic carbocycles. The third kappa shape index (κ3) is 2.08. The van der Waals surface area contributed by atoms with Crippen molar-refractivity contribution in [2.24, 2.45) is 0 Å². The predicted octanol–water partition coefficient (Wildman–Crippen LogP) is 4.45. The number of anilines is 1. The fourth-order valence-corrected chi connectivity index (χ4v) is 3.30. The molecule has 1 aliphatic heterocycles. The molecule has 2 rings (SSSR count). The van der Waals surface area contributed by atoms with Gasteiger partial charge in [-0.1, -0.05) is 33.8 Å². The first-order valence-corrected chi connectivity index (χ1v) is 7.13. The Kier molecular flexibility index (Phi) is 3.48. The van der Waals surface area contributed by atoms with E-state index in [-0.39, 0.29) is 0 Å². The van der Waals surface area contributed by atoms with Crippen molar-refractivity contribution in [3.63, 3.8) is 0 Å². The quantitative estimate of drug-likeness (QED) is 0.812. The van der Waals surface area contributed by atoms with Crippen LogP contribution in [0.2, 0.25) is 0 Å². The number of nitrogens with one attached hydrogen (secondary N) is 1. The minimum absolute atomic E-state index is 0.596. The molecule has 0 spiro atoms. The first-order valence-electron chi connectivity index (χ1n) is 6.14. The van der Waals surface area contributed by atoms with Crippen molar-refractivity contribution in [3.05, 3.63) is 23.3 Å². The second-order valence-electron chi connectivity index (χ2n) is 5.03. The van der Waals surface area contributed by atoms with Crippen molar-refractivity contribution >= 4 is 17.4 Å². The molecule has 0 saturated carbocycles. The molecule has 0 amide bonds. The summed E-state index contributed by atoms with van der Waals surface area (Å²) < 4.78 is 0. The second kappa shape index (κ2) is 4.70. The largest absolute Gasteiger partial charge is 0.383 e. The minimum atomic E-state index is 0.596. The maximum absolute atomic E-state index is 3.59. The third-order valence-electron chi connectivity index (χ3n) is 3.10. The Labute approximate surface area is 103 Å². The standard InChI is InChI=1S/C14H21NS/c1-9(2)11-5-6-12-14(13(11)10(3)4)15-7-8-16-12/h5-6,9-10,15H,7-8H2,1-4H3. The summed E-state index contributed by atoms with van der Waals surface area (Å²) >= 11 is 1.98. The van der Waals surface area contributed by atoms with E-state index in [1.807, 2.05) is 11.8 Å². The number of hydrogen-bond acceptors (Lipinski definition) is 2. The topological polar surface area (TPSA) is 12.0 Å². The van der Waals surface area contributed by atoms with E-state index in [1.54, 1.807) is 0 Å². The molecule has 2 heteroatoms. The van der Waals surface area contributed by atoms with Gasteiger partial charge in [0.15, 0.2) is 0 Å². The van der Waals surface area contributed by atoms with E-state index in [2.05, 4.69) is 45.1 Å². The third-order valence-corrected chi connectivity index (χ3v) is 4.16. The molecule has 88 valence electrons. The van der Waals surface area contributed by atoms with Crippen LogP contribution in [-0.4, -0.2) is 12.3 Å². The molecule has 0 unspecified atom stereocenters. The Hall–Kier alpha value is -0.630. The van der Waals surface area contributed by atoms with Gasteiger partial charge in [-0.15, -0.1) is 11.8 Å². The van der Waals surface area contributed by atoms with Crippen molar-refractivity contribution in [2.45, 2.75) is 44.4 Å². The highest BCUT2D eigenvalue weighted by Gasteiger charge is 2.19. The van der Waals surface area contributed by atoms with Gasteiger partial charge >= 0.3 is 0 Å². The summed E-state index contributed by atoms with van der Waals surface area (Å²) in [6, 6.07) is 4.60. The fourth-order valence-electron chi connectivity index (χ4n) is 2.38. The molecule has 0 aromatic heterocycles. The molecule has 1 aliphatic rings. The maximum atomic E-state index is 3.59. The number of benzene rings is 1. The Morgan fingerprint density at radius 1 is 1.12 bits per heavy atom. The molecule has 0 fully saturated rings. The summed E-state index contributed by atoms with van der Waals surface area (Å²) in [5.74, 6) is 2.39. The molecule has 1 heterocycles. The lowest BCUT2D eigenvalue weighted by atomic mass is 9.89. The molecule has 0 atom stereocenters. The Morgan fingerprint density at radius 2 is 1.88 bits per heavy atom. The number of hydrogen-bond donors (Lipinski definition) is 1. The molecule has 0 bridgehead atoms. The molecule has 1 N–H and O–H groups in total. The number of thioether (sulfide) groups is 1. The Bertz CT molecular complexity index is 383. The average Bonchev–Trinajstić information content (AvgIpc) is 2.27. The van der Waals surface area contributed by atoms with Crippen molar-refractivity contribution in [1.29, 1.82) is 0 Å². The van der Waals surface area contributed by atoms with Gasteiger partial charge in [-0.2, -0.15) is 0 Å². The van der Waals surface area contributed by atoms with Gasteiger partial charge in [0.1, 0.15) is 0 Å². The van der Waals surface area contributed by atoms with Crippen LogP contribution in [0.15, 0.2) is 17.0 Å². The first kappa shape index (κ1) is 11.8. The molecule has 0 radical (unpaired) electrons. The first-order chi connectivity index (χ1) is 7.61. The van der Waals surface area contributed by atoms with Crippen LogP contribution < -0.4 is 5.32 Å². The lowest BCUT2D eigenvalue weighted by molar-refractivity contribution is 0.786. The van der Waals surface area contributed by atoms with Gasteiger partial charge in [0.25, 0.3) is 0 Å². The summed E-state index contributed by atoms with van der Waals surface area (Å²) in [5, 5.41) is 3.59. The van der Waals surface area contributed by atoms with Gasteiger partial charge < -0.3 is 5.32 Å². The van der Waals surface area contributed by atoms with Crippen LogP contribution in [-0.2, 0) is 0 Å². The summed E-state index contributed by atoms with van der Waals surface area (Å²) in [7, 11) is 0. The molecular weight excluding hydrogens is 214 g/mol. The molecular formula is C14H21NS. The van der Waals surface area contributed by atoms with Crippen molar-refractivity contribution in [3.8, 4) is 0 Å². The minimum Gasteiger partial charge on any atom is -0.383 e. The fraction of sp³-hybridized carbons (Fsp3) is 0.571.